The van der Waals surface area contributed by atoms with Gasteiger partial charge in [-0.25, -0.2) is 8.42 Å². The van der Waals surface area contributed by atoms with Gasteiger partial charge >= 0.3 is 0 Å². The number of fused-ring (bicyclic) bond motifs is 1. The van der Waals surface area contributed by atoms with Crippen molar-refractivity contribution >= 4 is 20.7 Å². The highest BCUT2D eigenvalue weighted by molar-refractivity contribution is 7.90. The molecule has 0 saturated carbocycles. The molecule has 0 saturated heterocycles. The third kappa shape index (κ3) is 3.31. The van der Waals surface area contributed by atoms with E-state index in [1.165, 1.54) is 17.2 Å². The zero-order chi connectivity index (χ0) is 12.3. The standard InChI is InChI=1S/C12H16N2O2S/c1-17(15,16)8-7-13-9-10-3-2-4-12-11(10)5-6-14-12/h2-6,13-14H,7-9H2,1H3. The summed E-state index contributed by atoms with van der Waals surface area (Å²) in [4.78, 5) is 3.15. The topological polar surface area (TPSA) is 62.0 Å². The van der Waals surface area contributed by atoms with Crippen LogP contribution in [0.25, 0.3) is 10.9 Å². The molecule has 0 aliphatic heterocycles. The van der Waals surface area contributed by atoms with Crippen molar-refractivity contribution in [1.82, 2.24) is 10.3 Å². The van der Waals surface area contributed by atoms with Gasteiger partial charge in [-0.15, -0.1) is 0 Å². The minimum absolute atomic E-state index is 0.177. The molecule has 5 heteroatoms. The van der Waals surface area contributed by atoms with E-state index in [0.717, 1.165) is 5.52 Å². The van der Waals surface area contributed by atoms with Gasteiger partial charge in [-0.2, -0.15) is 0 Å². The molecule has 17 heavy (non-hydrogen) atoms. The first-order valence-corrected chi connectivity index (χ1v) is 7.56. The molecule has 0 bridgehead atoms. The van der Waals surface area contributed by atoms with Crippen molar-refractivity contribution in [3.05, 3.63) is 36.0 Å². The average Bonchev–Trinajstić information content (AvgIpc) is 2.71. The SMILES string of the molecule is CS(=O)(=O)CCNCc1cccc2[nH]ccc12. The zero-order valence-electron chi connectivity index (χ0n) is 9.73. The number of hydrogen-bond donors (Lipinski definition) is 2. The first kappa shape index (κ1) is 12.1. The summed E-state index contributed by atoms with van der Waals surface area (Å²) in [5, 5.41) is 4.33. The van der Waals surface area contributed by atoms with Gasteiger partial charge < -0.3 is 10.3 Å². The van der Waals surface area contributed by atoms with Crippen molar-refractivity contribution < 1.29 is 8.42 Å². The second-order valence-corrected chi connectivity index (χ2v) is 6.42. The lowest BCUT2D eigenvalue weighted by Gasteiger charge is -2.05. The Hall–Kier alpha value is -1.33. The summed E-state index contributed by atoms with van der Waals surface area (Å²) < 4.78 is 21.9. The summed E-state index contributed by atoms with van der Waals surface area (Å²) in [5.74, 6) is 0.177. The second-order valence-electron chi connectivity index (χ2n) is 4.16. The van der Waals surface area contributed by atoms with E-state index < -0.39 is 9.84 Å². The van der Waals surface area contributed by atoms with Crippen LogP contribution in [0.2, 0.25) is 0 Å². The van der Waals surface area contributed by atoms with Crippen LogP contribution in [0.4, 0.5) is 0 Å². The maximum Gasteiger partial charge on any atom is 0.148 e. The van der Waals surface area contributed by atoms with Gasteiger partial charge in [0.05, 0.1) is 5.75 Å². The van der Waals surface area contributed by atoms with Crippen LogP contribution in [0.1, 0.15) is 5.56 Å². The van der Waals surface area contributed by atoms with E-state index >= 15 is 0 Å². The van der Waals surface area contributed by atoms with Crippen molar-refractivity contribution in [3.63, 3.8) is 0 Å². The number of benzene rings is 1. The highest BCUT2D eigenvalue weighted by atomic mass is 32.2. The molecular weight excluding hydrogens is 236 g/mol. The van der Waals surface area contributed by atoms with Gasteiger partial charge in [-0.1, -0.05) is 12.1 Å². The van der Waals surface area contributed by atoms with E-state index in [1.807, 2.05) is 30.5 Å². The summed E-state index contributed by atoms with van der Waals surface area (Å²) in [5.41, 5.74) is 2.28. The number of rotatable bonds is 5. The van der Waals surface area contributed by atoms with Gasteiger partial charge in [0.15, 0.2) is 0 Å². The Kier molecular flexibility index (Phi) is 3.49. The van der Waals surface area contributed by atoms with Gasteiger partial charge in [0.25, 0.3) is 0 Å². The normalized spacial score (nSPS) is 12.1. The van der Waals surface area contributed by atoms with E-state index in [1.54, 1.807) is 0 Å². The van der Waals surface area contributed by atoms with Crippen LogP contribution in [0.3, 0.4) is 0 Å². The molecule has 0 aliphatic rings. The highest BCUT2D eigenvalue weighted by Gasteiger charge is 2.03. The van der Waals surface area contributed by atoms with Crippen molar-refractivity contribution in [2.75, 3.05) is 18.6 Å². The maximum atomic E-state index is 11.0. The number of hydrogen-bond acceptors (Lipinski definition) is 3. The summed E-state index contributed by atoms with van der Waals surface area (Å²) in [7, 11) is -2.88. The predicted octanol–water partition coefficient (Wildman–Crippen LogP) is 1.30. The van der Waals surface area contributed by atoms with Gasteiger partial charge in [-0.05, 0) is 17.7 Å². The van der Waals surface area contributed by atoms with Crippen LogP contribution < -0.4 is 5.32 Å². The van der Waals surface area contributed by atoms with E-state index in [0.29, 0.717) is 13.1 Å². The fourth-order valence-electron chi connectivity index (χ4n) is 1.79. The summed E-state index contributed by atoms with van der Waals surface area (Å²) in [6.45, 7) is 1.17. The van der Waals surface area contributed by atoms with Gasteiger partial charge in [0.2, 0.25) is 0 Å². The third-order valence-corrected chi connectivity index (χ3v) is 3.60. The van der Waals surface area contributed by atoms with Crippen LogP contribution in [-0.4, -0.2) is 32.0 Å². The molecule has 1 aromatic heterocycles. The molecule has 92 valence electrons. The number of nitrogens with one attached hydrogen (secondary N) is 2. The largest absolute Gasteiger partial charge is 0.361 e. The predicted molar refractivity (Wildman–Crippen MR) is 69.7 cm³/mol. The van der Waals surface area contributed by atoms with Crippen molar-refractivity contribution in [2.45, 2.75) is 6.54 Å². The lowest BCUT2D eigenvalue weighted by Crippen LogP contribution is -2.21. The van der Waals surface area contributed by atoms with Crippen LogP contribution >= 0.6 is 0 Å². The monoisotopic (exact) mass is 252 g/mol. The van der Waals surface area contributed by atoms with E-state index in [-0.39, 0.29) is 5.75 Å². The Morgan fingerprint density at radius 3 is 2.88 bits per heavy atom. The molecule has 4 nitrogen and oxygen atoms in total. The maximum absolute atomic E-state index is 11.0. The first-order chi connectivity index (χ1) is 8.06. The Morgan fingerprint density at radius 1 is 1.29 bits per heavy atom. The fraction of sp³-hybridized carbons (Fsp3) is 0.333. The molecule has 0 radical (unpaired) electrons. The first-order valence-electron chi connectivity index (χ1n) is 5.50. The van der Waals surface area contributed by atoms with Crippen LogP contribution in [0, 0.1) is 0 Å². The summed E-state index contributed by atoms with van der Waals surface area (Å²) in [6, 6.07) is 8.09. The Labute approximate surface area is 101 Å². The molecule has 2 aromatic rings. The lowest BCUT2D eigenvalue weighted by molar-refractivity contribution is 0.596. The number of aromatic nitrogens is 1. The Balaban J connectivity index is 1.97. The molecule has 0 unspecified atom stereocenters. The fourth-order valence-corrected chi connectivity index (χ4v) is 2.30. The van der Waals surface area contributed by atoms with Crippen molar-refractivity contribution in [1.29, 1.82) is 0 Å². The molecular formula is C12H16N2O2S. The molecule has 1 heterocycles. The van der Waals surface area contributed by atoms with E-state index in [9.17, 15) is 8.42 Å². The number of H-pyrrole nitrogens is 1. The zero-order valence-corrected chi connectivity index (χ0v) is 10.5. The minimum Gasteiger partial charge on any atom is -0.361 e. The Bertz CT molecular complexity index is 602. The van der Waals surface area contributed by atoms with Crippen molar-refractivity contribution in [3.8, 4) is 0 Å². The molecule has 2 rings (SSSR count). The molecule has 0 amide bonds. The van der Waals surface area contributed by atoms with E-state index in [2.05, 4.69) is 10.3 Å². The van der Waals surface area contributed by atoms with E-state index in [4.69, 9.17) is 0 Å². The second kappa shape index (κ2) is 4.89. The molecule has 0 aliphatic carbocycles. The van der Waals surface area contributed by atoms with Gasteiger partial charge in [0.1, 0.15) is 9.84 Å². The Morgan fingerprint density at radius 2 is 2.12 bits per heavy atom. The molecule has 0 spiro atoms. The molecule has 2 N–H and O–H groups in total. The third-order valence-electron chi connectivity index (χ3n) is 2.65. The smallest absolute Gasteiger partial charge is 0.148 e. The van der Waals surface area contributed by atoms with Crippen molar-refractivity contribution in [2.24, 2.45) is 0 Å². The highest BCUT2D eigenvalue weighted by Crippen LogP contribution is 2.16. The van der Waals surface area contributed by atoms with Crippen LogP contribution in [0.5, 0.6) is 0 Å². The lowest BCUT2D eigenvalue weighted by atomic mass is 10.1. The summed E-state index contributed by atoms with van der Waals surface area (Å²) in [6.07, 6.45) is 3.16. The van der Waals surface area contributed by atoms with Gasteiger partial charge in [0, 0.05) is 36.4 Å². The number of aromatic amines is 1. The average molecular weight is 252 g/mol. The van der Waals surface area contributed by atoms with Crippen LogP contribution in [0.15, 0.2) is 30.5 Å². The molecule has 0 atom stereocenters. The van der Waals surface area contributed by atoms with Gasteiger partial charge in [-0.3, -0.25) is 0 Å². The summed E-state index contributed by atoms with van der Waals surface area (Å²) >= 11 is 0. The quantitative estimate of drug-likeness (QED) is 0.789. The molecule has 0 fully saturated rings. The molecule has 1 aromatic carbocycles. The number of sulfone groups is 1. The minimum atomic E-state index is -2.88. The van der Waals surface area contributed by atoms with Crippen LogP contribution in [-0.2, 0) is 16.4 Å².